The number of hydrogen-bond donors (Lipinski definition) is 0. The van der Waals surface area contributed by atoms with Crippen LogP contribution in [0.4, 0.5) is 4.39 Å². The first-order valence-corrected chi connectivity index (χ1v) is 6.84. The molecule has 0 spiro atoms. The van der Waals surface area contributed by atoms with Gasteiger partial charge in [-0.25, -0.2) is 9.37 Å². The second kappa shape index (κ2) is 5.65. The minimum absolute atomic E-state index is 0.0323. The third-order valence-corrected chi connectivity index (χ3v) is 3.49. The Labute approximate surface area is 122 Å². The maximum atomic E-state index is 13.0. The Morgan fingerprint density at radius 2 is 2.14 bits per heavy atom. The normalized spacial score (nSPS) is 18.8. The van der Waals surface area contributed by atoms with Crippen molar-refractivity contribution in [3.05, 3.63) is 48.3 Å². The number of carbonyl (C=O) groups excluding carboxylic acids is 1. The van der Waals surface area contributed by atoms with Crippen LogP contribution in [-0.2, 0) is 4.74 Å². The highest BCUT2D eigenvalue weighted by Crippen LogP contribution is 2.15. The fourth-order valence-electron chi connectivity index (χ4n) is 2.43. The van der Waals surface area contributed by atoms with Gasteiger partial charge in [0, 0.05) is 18.8 Å². The fourth-order valence-corrected chi connectivity index (χ4v) is 2.43. The molecule has 0 saturated carbocycles. The van der Waals surface area contributed by atoms with E-state index in [1.54, 1.807) is 27.9 Å². The Balaban J connectivity index is 1.88. The highest BCUT2D eigenvalue weighted by molar-refractivity contribution is 5.93. The summed E-state index contributed by atoms with van der Waals surface area (Å²) >= 11 is 0. The molecule has 1 unspecified atom stereocenters. The summed E-state index contributed by atoms with van der Waals surface area (Å²) < 4.78 is 20.1. The van der Waals surface area contributed by atoms with Gasteiger partial charge in [0.1, 0.15) is 11.5 Å². The number of benzene rings is 1. The molecule has 1 aromatic carbocycles. The Bertz CT molecular complexity index is 639. The molecule has 6 heteroatoms. The van der Waals surface area contributed by atoms with Gasteiger partial charge < -0.3 is 9.64 Å². The predicted molar refractivity (Wildman–Crippen MR) is 74.8 cm³/mol. The van der Waals surface area contributed by atoms with Crippen molar-refractivity contribution in [1.82, 2.24) is 14.5 Å². The summed E-state index contributed by atoms with van der Waals surface area (Å²) in [5.74, 6) is -0.402. The van der Waals surface area contributed by atoms with Gasteiger partial charge in [0.15, 0.2) is 0 Å². The van der Waals surface area contributed by atoms with E-state index in [2.05, 4.69) is 4.98 Å². The van der Waals surface area contributed by atoms with Crippen molar-refractivity contribution in [2.45, 2.75) is 13.0 Å². The Kier molecular flexibility index (Phi) is 3.70. The topological polar surface area (TPSA) is 47.4 Å². The molecule has 1 amide bonds. The van der Waals surface area contributed by atoms with Crippen molar-refractivity contribution in [3.8, 4) is 5.69 Å². The third kappa shape index (κ3) is 2.80. The second-order valence-corrected chi connectivity index (χ2v) is 5.06. The number of morpholine rings is 1. The van der Waals surface area contributed by atoms with E-state index < -0.39 is 0 Å². The van der Waals surface area contributed by atoms with Gasteiger partial charge >= 0.3 is 0 Å². The van der Waals surface area contributed by atoms with Crippen LogP contribution in [0.1, 0.15) is 17.4 Å². The molecule has 1 saturated heterocycles. The highest BCUT2D eigenvalue weighted by Gasteiger charge is 2.25. The van der Waals surface area contributed by atoms with Gasteiger partial charge in [0.05, 0.1) is 25.2 Å². The molecule has 5 nitrogen and oxygen atoms in total. The first-order valence-electron chi connectivity index (χ1n) is 6.84. The molecule has 2 aromatic rings. The first-order chi connectivity index (χ1) is 10.1. The molecule has 1 atom stereocenters. The van der Waals surface area contributed by atoms with Crippen molar-refractivity contribution in [1.29, 1.82) is 0 Å². The molecular weight excluding hydrogens is 273 g/mol. The lowest BCUT2D eigenvalue weighted by Crippen LogP contribution is -2.45. The van der Waals surface area contributed by atoms with Gasteiger partial charge in [0.25, 0.3) is 5.91 Å². The Morgan fingerprint density at radius 3 is 2.86 bits per heavy atom. The summed E-state index contributed by atoms with van der Waals surface area (Å²) in [4.78, 5) is 18.4. The minimum atomic E-state index is -0.311. The van der Waals surface area contributed by atoms with Crippen LogP contribution >= 0.6 is 0 Å². The largest absolute Gasteiger partial charge is 0.375 e. The van der Waals surface area contributed by atoms with Crippen molar-refractivity contribution in [3.63, 3.8) is 0 Å². The number of imidazole rings is 1. The van der Waals surface area contributed by atoms with E-state index in [1.165, 1.54) is 18.3 Å². The second-order valence-electron chi connectivity index (χ2n) is 5.06. The van der Waals surface area contributed by atoms with E-state index in [-0.39, 0.29) is 17.8 Å². The van der Waals surface area contributed by atoms with Crippen molar-refractivity contribution < 1.29 is 13.9 Å². The van der Waals surface area contributed by atoms with E-state index in [9.17, 15) is 9.18 Å². The summed E-state index contributed by atoms with van der Waals surface area (Å²) in [5.41, 5.74) is 1.18. The van der Waals surface area contributed by atoms with Gasteiger partial charge in [-0.2, -0.15) is 0 Å². The van der Waals surface area contributed by atoms with E-state index in [0.29, 0.717) is 31.1 Å². The van der Waals surface area contributed by atoms with Crippen LogP contribution < -0.4 is 0 Å². The maximum Gasteiger partial charge on any atom is 0.272 e. The molecule has 0 radical (unpaired) electrons. The highest BCUT2D eigenvalue weighted by atomic mass is 19.1. The summed E-state index contributed by atoms with van der Waals surface area (Å²) in [7, 11) is 0. The monoisotopic (exact) mass is 289 g/mol. The summed E-state index contributed by atoms with van der Waals surface area (Å²) in [6.07, 6.45) is 3.13. The summed E-state index contributed by atoms with van der Waals surface area (Å²) in [5, 5.41) is 0. The number of halogens is 1. The SMILES string of the molecule is CC1CN(C(=O)c2cncn2-c2ccc(F)cc2)CCO1. The molecule has 1 aliphatic heterocycles. The lowest BCUT2D eigenvalue weighted by atomic mass is 10.2. The first kappa shape index (κ1) is 13.8. The quantitative estimate of drug-likeness (QED) is 0.848. The number of ether oxygens (including phenoxy) is 1. The zero-order chi connectivity index (χ0) is 14.8. The van der Waals surface area contributed by atoms with Crippen LogP contribution in [0.25, 0.3) is 5.69 Å². The van der Waals surface area contributed by atoms with Gasteiger partial charge in [-0.1, -0.05) is 0 Å². The molecule has 0 N–H and O–H groups in total. The van der Waals surface area contributed by atoms with Gasteiger partial charge in [-0.05, 0) is 31.2 Å². The van der Waals surface area contributed by atoms with Crippen LogP contribution in [0.5, 0.6) is 0 Å². The maximum absolute atomic E-state index is 13.0. The molecule has 21 heavy (non-hydrogen) atoms. The van der Waals surface area contributed by atoms with E-state index in [1.807, 2.05) is 6.92 Å². The number of rotatable bonds is 2. The smallest absolute Gasteiger partial charge is 0.272 e. The molecule has 3 rings (SSSR count). The Hall–Kier alpha value is -2.21. The summed E-state index contributed by atoms with van der Waals surface area (Å²) in [6.45, 7) is 3.61. The van der Waals surface area contributed by atoms with Crippen LogP contribution in [0.3, 0.4) is 0 Å². The van der Waals surface area contributed by atoms with Crippen LogP contribution in [-0.4, -0.2) is 46.2 Å². The standard InChI is InChI=1S/C15H16FN3O2/c1-11-9-18(6-7-21-11)15(20)14-8-17-10-19(14)13-4-2-12(16)3-5-13/h2-5,8,10-11H,6-7,9H2,1H3. The molecule has 2 heterocycles. The van der Waals surface area contributed by atoms with Gasteiger partial charge in [-0.3, -0.25) is 9.36 Å². The molecule has 1 aliphatic rings. The van der Waals surface area contributed by atoms with Crippen LogP contribution in [0.2, 0.25) is 0 Å². The molecule has 0 aliphatic carbocycles. The molecule has 0 bridgehead atoms. The molecule has 110 valence electrons. The molecule has 1 aromatic heterocycles. The number of aromatic nitrogens is 2. The minimum Gasteiger partial charge on any atom is -0.375 e. The zero-order valence-corrected chi connectivity index (χ0v) is 11.7. The number of carbonyl (C=O) groups is 1. The molecular formula is C15H16FN3O2. The van der Waals surface area contributed by atoms with Gasteiger partial charge in [-0.15, -0.1) is 0 Å². The third-order valence-electron chi connectivity index (χ3n) is 3.49. The number of amides is 1. The van der Waals surface area contributed by atoms with Gasteiger partial charge in [0.2, 0.25) is 0 Å². The number of hydrogen-bond acceptors (Lipinski definition) is 3. The van der Waals surface area contributed by atoms with E-state index >= 15 is 0 Å². The van der Waals surface area contributed by atoms with E-state index in [0.717, 1.165) is 0 Å². The van der Waals surface area contributed by atoms with Crippen molar-refractivity contribution in [2.24, 2.45) is 0 Å². The van der Waals surface area contributed by atoms with Crippen molar-refractivity contribution >= 4 is 5.91 Å². The predicted octanol–water partition coefficient (Wildman–Crippen LogP) is 1.87. The van der Waals surface area contributed by atoms with Crippen LogP contribution in [0, 0.1) is 5.82 Å². The lowest BCUT2D eigenvalue weighted by molar-refractivity contribution is -0.0127. The van der Waals surface area contributed by atoms with E-state index in [4.69, 9.17) is 4.74 Å². The lowest BCUT2D eigenvalue weighted by Gasteiger charge is -2.31. The Morgan fingerprint density at radius 1 is 1.38 bits per heavy atom. The van der Waals surface area contributed by atoms with Crippen molar-refractivity contribution in [2.75, 3.05) is 19.7 Å². The average Bonchev–Trinajstić information content (AvgIpc) is 2.96. The summed E-state index contributed by atoms with van der Waals surface area (Å²) in [6, 6.07) is 5.96. The van der Waals surface area contributed by atoms with Crippen LogP contribution in [0.15, 0.2) is 36.8 Å². The molecule has 1 fully saturated rings. The number of nitrogens with zero attached hydrogens (tertiary/aromatic N) is 3. The fraction of sp³-hybridized carbons (Fsp3) is 0.333. The average molecular weight is 289 g/mol. The zero-order valence-electron chi connectivity index (χ0n) is 11.7.